The fourth-order valence-electron chi connectivity index (χ4n) is 2.27. The molecule has 0 radical (unpaired) electrons. The van der Waals surface area contributed by atoms with E-state index in [4.69, 9.17) is 4.74 Å². The second-order valence-corrected chi connectivity index (χ2v) is 6.75. The molecule has 21 heavy (non-hydrogen) atoms. The fourth-order valence-corrected chi connectivity index (χ4v) is 2.62. The third-order valence-electron chi connectivity index (χ3n) is 3.53. The molecule has 1 rings (SSSR count). The summed E-state index contributed by atoms with van der Waals surface area (Å²) in [6.07, 6.45) is 11.9. The summed E-state index contributed by atoms with van der Waals surface area (Å²) >= 11 is 2.24. The molecule has 1 aromatic carbocycles. The Morgan fingerprint density at radius 3 is 2.00 bits per heavy atom. The third-order valence-corrected chi connectivity index (χ3v) is 4.25. The Morgan fingerprint density at radius 1 is 0.905 bits per heavy atom. The van der Waals surface area contributed by atoms with Gasteiger partial charge in [0.05, 0.1) is 0 Å². The van der Waals surface area contributed by atoms with Crippen LogP contribution in [0.1, 0.15) is 71.1 Å². The molecular formula is C18H27IO2. The van der Waals surface area contributed by atoms with Crippen LogP contribution < -0.4 is 4.74 Å². The van der Waals surface area contributed by atoms with Crippen LogP contribution in [0.3, 0.4) is 0 Å². The van der Waals surface area contributed by atoms with Crippen LogP contribution in [0, 0.1) is 3.57 Å². The summed E-state index contributed by atoms with van der Waals surface area (Å²) in [7, 11) is 0. The van der Waals surface area contributed by atoms with E-state index in [9.17, 15) is 4.79 Å². The first kappa shape index (κ1) is 18.5. The van der Waals surface area contributed by atoms with Crippen LogP contribution in [0.2, 0.25) is 0 Å². The highest BCUT2D eigenvalue weighted by atomic mass is 125. The Morgan fingerprint density at radius 2 is 1.43 bits per heavy atom. The van der Waals surface area contributed by atoms with Crippen molar-refractivity contribution >= 4 is 28.6 Å². The molecule has 0 bridgehead atoms. The predicted molar refractivity (Wildman–Crippen MR) is 96.6 cm³/mol. The van der Waals surface area contributed by atoms with Gasteiger partial charge in [0.15, 0.2) is 0 Å². The van der Waals surface area contributed by atoms with Crippen LogP contribution in [0.15, 0.2) is 24.3 Å². The SMILES string of the molecule is CCCCCCCCCCCC(=O)Oc1ccc([125I])cc1. The van der Waals surface area contributed by atoms with Gasteiger partial charge in [0.1, 0.15) is 5.75 Å². The number of halogens is 1. The molecule has 118 valence electrons. The molecule has 0 unspecified atom stereocenters. The van der Waals surface area contributed by atoms with Crippen molar-refractivity contribution in [1.29, 1.82) is 0 Å². The topological polar surface area (TPSA) is 26.3 Å². The molecule has 0 aliphatic heterocycles. The lowest BCUT2D eigenvalue weighted by Crippen LogP contribution is -2.07. The number of unbranched alkanes of at least 4 members (excludes halogenated alkanes) is 8. The van der Waals surface area contributed by atoms with E-state index in [1.807, 2.05) is 24.3 Å². The van der Waals surface area contributed by atoms with E-state index in [0.29, 0.717) is 12.2 Å². The minimum Gasteiger partial charge on any atom is -0.427 e. The summed E-state index contributed by atoms with van der Waals surface area (Å²) < 4.78 is 6.44. The number of rotatable bonds is 11. The zero-order chi connectivity index (χ0) is 15.3. The van der Waals surface area contributed by atoms with E-state index in [0.717, 1.165) is 16.4 Å². The van der Waals surface area contributed by atoms with Crippen molar-refractivity contribution in [1.82, 2.24) is 0 Å². The number of carbonyl (C=O) groups is 1. The Bertz CT molecular complexity index is 387. The van der Waals surface area contributed by atoms with Crippen molar-refractivity contribution in [2.24, 2.45) is 0 Å². The first-order chi connectivity index (χ1) is 10.2. The molecule has 0 fully saturated rings. The Hall–Kier alpha value is -0.580. The molecule has 0 aliphatic carbocycles. The van der Waals surface area contributed by atoms with E-state index in [2.05, 4.69) is 29.5 Å². The maximum atomic E-state index is 11.7. The second-order valence-electron chi connectivity index (χ2n) is 5.51. The zero-order valence-electron chi connectivity index (χ0n) is 13.1. The van der Waals surface area contributed by atoms with Gasteiger partial charge < -0.3 is 4.74 Å². The average Bonchev–Trinajstić information content (AvgIpc) is 2.48. The summed E-state index contributed by atoms with van der Waals surface area (Å²) in [6.45, 7) is 2.25. The van der Waals surface area contributed by atoms with Gasteiger partial charge in [-0.25, -0.2) is 0 Å². The van der Waals surface area contributed by atoms with Crippen LogP contribution in [0.25, 0.3) is 0 Å². The molecule has 0 aromatic heterocycles. The van der Waals surface area contributed by atoms with Crippen molar-refractivity contribution in [3.8, 4) is 5.75 Å². The van der Waals surface area contributed by atoms with Crippen LogP contribution >= 0.6 is 22.6 Å². The van der Waals surface area contributed by atoms with Gasteiger partial charge in [-0.1, -0.05) is 58.3 Å². The standard InChI is InChI=1S/C18H27IO2/c1-2-3-4-5-6-7-8-9-10-11-18(20)21-17-14-12-16(19)13-15-17/h12-15H,2-11H2,1H3/i19-2. The number of hydrogen-bond acceptors (Lipinski definition) is 2. The van der Waals surface area contributed by atoms with Gasteiger partial charge in [-0.2, -0.15) is 0 Å². The van der Waals surface area contributed by atoms with Crippen molar-refractivity contribution in [3.63, 3.8) is 0 Å². The highest BCUT2D eigenvalue weighted by Crippen LogP contribution is 2.15. The van der Waals surface area contributed by atoms with E-state index < -0.39 is 0 Å². The molecular weight excluding hydrogens is 373 g/mol. The number of carbonyl (C=O) groups excluding carboxylic acids is 1. The number of hydrogen-bond donors (Lipinski definition) is 0. The first-order valence-corrected chi connectivity index (χ1v) is 9.26. The lowest BCUT2D eigenvalue weighted by molar-refractivity contribution is -0.134. The molecule has 0 spiro atoms. The van der Waals surface area contributed by atoms with Crippen LogP contribution in [-0.2, 0) is 4.79 Å². The molecule has 0 saturated carbocycles. The Labute approximate surface area is 142 Å². The van der Waals surface area contributed by atoms with Gasteiger partial charge in [0, 0.05) is 9.99 Å². The monoisotopic (exact) mass is 400 g/mol. The van der Waals surface area contributed by atoms with E-state index in [1.54, 1.807) is 0 Å². The molecule has 0 heterocycles. The number of ether oxygens (including phenoxy) is 1. The minimum atomic E-state index is -0.112. The molecule has 0 aliphatic rings. The molecule has 0 N–H and O–H groups in total. The van der Waals surface area contributed by atoms with Crippen molar-refractivity contribution in [2.45, 2.75) is 71.1 Å². The summed E-state index contributed by atoms with van der Waals surface area (Å²) in [4.78, 5) is 11.7. The van der Waals surface area contributed by atoms with Crippen LogP contribution in [0.4, 0.5) is 0 Å². The normalized spacial score (nSPS) is 10.6. The number of esters is 1. The lowest BCUT2D eigenvalue weighted by atomic mass is 10.1. The molecule has 1 aromatic rings. The van der Waals surface area contributed by atoms with Gasteiger partial charge in [-0.3, -0.25) is 4.79 Å². The van der Waals surface area contributed by atoms with Crippen molar-refractivity contribution in [2.75, 3.05) is 0 Å². The van der Waals surface area contributed by atoms with Crippen molar-refractivity contribution in [3.05, 3.63) is 27.8 Å². The first-order valence-electron chi connectivity index (χ1n) is 8.18. The summed E-state index contributed by atoms with van der Waals surface area (Å²) in [5, 5.41) is 0. The Kier molecular flexibility index (Phi) is 10.6. The van der Waals surface area contributed by atoms with Crippen LogP contribution in [0.5, 0.6) is 5.75 Å². The molecule has 2 nitrogen and oxygen atoms in total. The zero-order valence-corrected chi connectivity index (χ0v) is 15.2. The highest BCUT2D eigenvalue weighted by molar-refractivity contribution is 14.1. The molecule has 3 heteroatoms. The summed E-state index contributed by atoms with van der Waals surface area (Å²) in [5.74, 6) is 0.537. The summed E-state index contributed by atoms with van der Waals surface area (Å²) in [5.41, 5.74) is 0. The minimum absolute atomic E-state index is 0.112. The molecule has 0 saturated heterocycles. The summed E-state index contributed by atoms with van der Waals surface area (Å²) in [6, 6.07) is 7.58. The van der Waals surface area contributed by atoms with E-state index in [1.165, 1.54) is 44.9 Å². The highest BCUT2D eigenvalue weighted by Gasteiger charge is 2.04. The molecule has 0 amide bonds. The maximum absolute atomic E-state index is 11.7. The lowest BCUT2D eigenvalue weighted by Gasteiger charge is -2.04. The van der Waals surface area contributed by atoms with Gasteiger partial charge in [0.2, 0.25) is 0 Å². The predicted octanol–water partition coefficient (Wildman–Crippen LogP) is 6.12. The van der Waals surface area contributed by atoms with Gasteiger partial charge in [-0.15, -0.1) is 0 Å². The largest absolute Gasteiger partial charge is 0.427 e. The average molecular weight is 400 g/mol. The second kappa shape index (κ2) is 12.0. The van der Waals surface area contributed by atoms with E-state index in [-0.39, 0.29) is 5.97 Å². The van der Waals surface area contributed by atoms with Crippen molar-refractivity contribution < 1.29 is 9.53 Å². The number of benzene rings is 1. The maximum Gasteiger partial charge on any atom is 0.311 e. The third kappa shape index (κ3) is 9.88. The van der Waals surface area contributed by atoms with Gasteiger partial charge in [-0.05, 0) is 53.3 Å². The van der Waals surface area contributed by atoms with Crippen LogP contribution in [-0.4, -0.2) is 5.97 Å². The quantitative estimate of drug-likeness (QED) is 0.194. The van der Waals surface area contributed by atoms with Gasteiger partial charge in [0.25, 0.3) is 0 Å². The molecule has 0 atom stereocenters. The van der Waals surface area contributed by atoms with E-state index >= 15 is 0 Å². The van der Waals surface area contributed by atoms with Gasteiger partial charge >= 0.3 is 5.97 Å². The fraction of sp³-hybridized carbons (Fsp3) is 0.611. The smallest absolute Gasteiger partial charge is 0.311 e. The Balaban J connectivity index is 1.97.